The number of hydrogen-bond donors (Lipinski definition) is 0. The second-order valence-electron chi connectivity index (χ2n) is 12.1. The summed E-state index contributed by atoms with van der Waals surface area (Å²) in [6.45, 7) is 18.0. The largest absolute Gasteiger partial charge is 2.00 e. The predicted octanol–water partition coefficient (Wildman–Crippen LogP) is 13.5. The van der Waals surface area contributed by atoms with Gasteiger partial charge in [-0.15, -0.1) is 16.6 Å². The smallest absolute Gasteiger partial charge is 0.348 e. The van der Waals surface area contributed by atoms with Gasteiger partial charge in [0.1, 0.15) is 0 Å². The van der Waals surface area contributed by atoms with E-state index in [0.29, 0.717) is 0 Å². The Morgan fingerprint density at radius 1 is 0.702 bits per heavy atom. The summed E-state index contributed by atoms with van der Waals surface area (Å²) in [4.78, 5) is 3.23. The van der Waals surface area contributed by atoms with Gasteiger partial charge in [0.25, 0.3) is 0 Å². The van der Waals surface area contributed by atoms with Crippen LogP contribution in [0, 0.1) is 32.6 Å². The third-order valence-electron chi connectivity index (χ3n) is 7.74. The summed E-state index contributed by atoms with van der Waals surface area (Å²) >= 11 is 0. The fourth-order valence-corrected chi connectivity index (χ4v) is 4.71. The molecule has 0 fully saturated rings. The average molecular weight is 729 g/mol. The molecule has 0 aliphatic rings. The first kappa shape index (κ1) is 46.7. The van der Waals surface area contributed by atoms with Crippen molar-refractivity contribution in [3.05, 3.63) is 102 Å². The average Bonchev–Trinajstić information content (AvgIpc) is 3.09. The Balaban J connectivity index is 0. The molecule has 0 aromatic heterocycles. The topological polar surface area (TPSA) is 36.4 Å². The van der Waals surface area contributed by atoms with E-state index in [4.69, 9.17) is 0 Å². The zero-order valence-corrected chi connectivity index (χ0v) is 32.3. The van der Waals surface area contributed by atoms with Crippen molar-refractivity contribution < 1.29 is 25.2 Å². The van der Waals surface area contributed by atoms with Crippen molar-refractivity contribution in [1.29, 1.82) is 0 Å². The van der Waals surface area contributed by atoms with Crippen molar-refractivity contribution in [3.8, 4) is 11.8 Å². The fraction of sp³-hybridized carbons (Fsp3) is 0.545. The first-order valence-corrected chi connectivity index (χ1v) is 18.4. The minimum Gasteiger partial charge on any atom is -0.348 e. The third kappa shape index (κ3) is 25.3. The van der Waals surface area contributed by atoms with E-state index in [0.717, 1.165) is 68.1 Å². The van der Waals surface area contributed by atoms with Gasteiger partial charge < -0.3 is 19.4 Å². The molecule has 0 N–H and O–H groups in total. The third-order valence-corrected chi connectivity index (χ3v) is 7.74. The van der Waals surface area contributed by atoms with Crippen molar-refractivity contribution in [2.75, 3.05) is 0 Å². The van der Waals surface area contributed by atoms with Crippen LogP contribution < -0.4 is 0 Å². The van der Waals surface area contributed by atoms with Crippen LogP contribution >= 0.6 is 0 Å². The Labute approximate surface area is 305 Å². The van der Waals surface area contributed by atoms with Crippen LogP contribution in [-0.2, 0) is 26.8 Å². The normalized spacial score (nSPS) is 10.1. The Morgan fingerprint density at radius 3 is 1.79 bits per heavy atom. The predicted molar refractivity (Wildman–Crippen MR) is 205 cm³/mol. The maximum Gasteiger partial charge on any atom is 2.00 e. The quantitative estimate of drug-likeness (QED) is 0.0202. The number of benzene rings is 2. The van der Waals surface area contributed by atoms with Crippen LogP contribution in [0.3, 0.4) is 0 Å². The van der Waals surface area contributed by atoms with Gasteiger partial charge in [-0.3, -0.25) is 0 Å². The van der Waals surface area contributed by atoms with Gasteiger partial charge in [0, 0.05) is 12.8 Å². The molecule has 0 radical (unpaired) electrons. The molecule has 0 spiro atoms. The SMILES string of the molecule is CCCCCCCCCCCC#CCCc1ccccc1C(=CC(=C=[N+]=[N-])CCCC)c1ccc(C)cc1.[CH2-]CCC.[CH2-]CCC.[Pd+2]. The Kier molecular flexibility index (Phi) is 34.6. The van der Waals surface area contributed by atoms with Crippen LogP contribution in [0.2, 0.25) is 0 Å². The number of rotatable bonds is 19. The molecule has 0 aliphatic carbocycles. The van der Waals surface area contributed by atoms with Gasteiger partial charge in [0.2, 0.25) is 0 Å². The summed E-state index contributed by atoms with van der Waals surface area (Å²) in [5.74, 6) is 9.65. The minimum absolute atomic E-state index is 0. The Morgan fingerprint density at radius 2 is 1.23 bits per heavy atom. The number of aryl methyl sites for hydroxylation is 2. The molecule has 0 saturated heterocycles. The first-order chi connectivity index (χ1) is 22.5. The molecular formula is C44H66N2Pd. The molecule has 0 aliphatic heterocycles. The first-order valence-electron chi connectivity index (χ1n) is 18.4. The van der Waals surface area contributed by atoms with Crippen molar-refractivity contribution in [3.63, 3.8) is 0 Å². The number of unbranched alkanes of at least 4 members (excludes halogenated alkanes) is 12. The molecule has 3 heteroatoms. The van der Waals surface area contributed by atoms with Gasteiger partial charge in [-0.2, -0.15) is 12.8 Å². The van der Waals surface area contributed by atoms with Crippen LogP contribution in [0.15, 0.2) is 60.2 Å². The van der Waals surface area contributed by atoms with Gasteiger partial charge in [-0.25, -0.2) is 0 Å². The molecule has 0 amide bonds. The van der Waals surface area contributed by atoms with E-state index in [9.17, 15) is 5.53 Å². The monoisotopic (exact) mass is 728 g/mol. The Bertz CT molecular complexity index is 1180. The molecule has 0 saturated carbocycles. The molecule has 0 unspecified atom stereocenters. The van der Waals surface area contributed by atoms with Crippen LogP contribution in [0.25, 0.3) is 11.1 Å². The standard InChI is InChI=1S/C36H48N2.2C4H9.Pd/c1-4-6-8-9-10-11-12-13-14-15-16-17-18-22-33-23-19-20-24-35(33)36(34-27-25-31(3)26-28-34)29-32(30-38-37)21-7-5-2;2*1-3-4-2;/h19-20,23-29H,4-15,18,21-22H2,1-3H3;2*1,3-4H2,2H3;/q;2*-1;+2. The summed E-state index contributed by atoms with van der Waals surface area (Å²) in [7, 11) is 0. The molecule has 47 heavy (non-hydrogen) atoms. The van der Waals surface area contributed by atoms with Crippen molar-refractivity contribution in [2.45, 2.75) is 157 Å². The zero-order chi connectivity index (χ0) is 34.1. The summed E-state index contributed by atoms with van der Waals surface area (Å²) in [5.41, 5.74) is 16.2. The van der Waals surface area contributed by atoms with Crippen molar-refractivity contribution >= 4 is 11.4 Å². The van der Waals surface area contributed by atoms with Crippen molar-refractivity contribution in [2.24, 2.45) is 0 Å². The molecule has 2 rings (SSSR count). The van der Waals surface area contributed by atoms with E-state index in [1.54, 1.807) is 0 Å². The molecular weight excluding hydrogens is 663 g/mol. The second kappa shape index (κ2) is 34.9. The summed E-state index contributed by atoms with van der Waals surface area (Å²) in [6.07, 6.45) is 24.6. The maximum absolute atomic E-state index is 9.22. The van der Waals surface area contributed by atoms with Gasteiger partial charge in [-0.1, -0.05) is 152 Å². The van der Waals surface area contributed by atoms with Gasteiger partial charge in [-0.05, 0) is 60.9 Å². The molecule has 2 aromatic rings. The van der Waals surface area contributed by atoms with E-state index in [1.165, 1.54) is 87.3 Å². The molecule has 2 aromatic carbocycles. The molecule has 0 atom stereocenters. The van der Waals surface area contributed by atoms with Gasteiger partial charge in [0.05, 0.1) is 5.57 Å². The summed E-state index contributed by atoms with van der Waals surface area (Å²) < 4.78 is 0. The molecule has 0 heterocycles. The molecule has 262 valence electrons. The Hall–Kier alpha value is -2.44. The van der Waals surface area contributed by atoms with Gasteiger partial charge in [0.15, 0.2) is 0 Å². The van der Waals surface area contributed by atoms with Crippen LogP contribution in [0.5, 0.6) is 0 Å². The summed E-state index contributed by atoms with van der Waals surface area (Å²) in [6, 6.07) is 17.3. The van der Waals surface area contributed by atoms with E-state index in [2.05, 4.69) is 126 Å². The van der Waals surface area contributed by atoms with E-state index < -0.39 is 0 Å². The van der Waals surface area contributed by atoms with Crippen LogP contribution in [0.4, 0.5) is 0 Å². The van der Waals surface area contributed by atoms with E-state index in [1.807, 2.05) is 0 Å². The van der Waals surface area contributed by atoms with E-state index >= 15 is 0 Å². The number of hydrogen-bond acceptors (Lipinski definition) is 0. The fourth-order valence-electron chi connectivity index (χ4n) is 4.71. The number of nitrogens with zero attached hydrogens (tertiary/aromatic N) is 2. The van der Waals surface area contributed by atoms with Crippen LogP contribution in [0.1, 0.15) is 166 Å². The maximum atomic E-state index is 9.22. The van der Waals surface area contributed by atoms with Crippen LogP contribution in [-0.4, -0.2) is 10.7 Å². The molecule has 0 bridgehead atoms. The number of allylic oxidation sites excluding steroid dienone is 2. The second-order valence-corrected chi connectivity index (χ2v) is 12.1. The molecule has 2 nitrogen and oxygen atoms in total. The van der Waals surface area contributed by atoms with Crippen molar-refractivity contribution in [1.82, 2.24) is 0 Å². The zero-order valence-electron chi connectivity index (χ0n) is 30.8. The van der Waals surface area contributed by atoms with E-state index in [-0.39, 0.29) is 20.4 Å². The minimum atomic E-state index is 0. The summed E-state index contributed by atoms with van der Waals surface area (Å²) in [5, 5.41) is 0. The van der Waals surface area contributed by atoms with Gasteiger partial charge >= 0.3 is 26.3 Å².